The Morgan fingerprint density at radius 2 is 1.67 bits per heavy atom. The second-order valence-corrected chi connectivity index (χ2v) is 5.12. The van der Waals surface area contributed by atoms with Gasteiger partial charge in [0.1, 0.15) is 0 Å². The Morgan fingerprint density at radius 1 is 1.13 bits per heavy atom. The third-order valence-corrected chi connectivity index (χ3v) is 1.80. The van der Waals surface area contributed by atoms with Crippen LogP contribution in [0, 0.1) is 5.92 Å². The van der Waals surface area contributed by atoms with Gasteiger partial charge in [-0.1, -0.05) is 13.8 Å². The van der Waals surface area contributed by atoms with Crippen LogP contribution in [-0.2, 0) is 0 Å². The minimum atomic E-state index is 0.334. The molecule has 0 bridgehead atoms. The van der Waals surface area contributed by atoms with Gasteiger partial charge in [0.2, 0.25) is 0 Å². The molecule has 0 fully saturated rings. The van der Waals surface area contributed by atoms with Gasteiger partial charge in [-0.25, -0.2) is 0 Å². The van der Waals surface area contributed by atoms with Gasteiger partial charge in [0.15, 0.2) is 5.96 Å². The van der Waals surface area contributed by atoms with E-state index in [1.165, 1.54) is 0 Å². The van der Waals surface area contributed by atoms with E-state index < -0.39 is 0 Å². The molecule has 0 heterocycles. The Balaban J connectivity index is 4.48. The van der Waals surface area contributed by atoms with Gasteiger partial charge in [-0.05, 0) is 33.6 Å². The summed E-state index contributed by atoms with van der Waals surface area (Å²) in [5.41, 5.74) is 0. The molecule has 3 heteroatoms. The molecule has 0 unspecified atom stereocenters. The zero-order valence-corrected chi connectivity index (χ0v) is 11.3. The van der Waals surface area contributed by atoms with Crippen LogP contribution in [0.25, 0.3) is 0 Å². The van der Waals surface area contributed by atoms with Crippen molar-refractivity contribution in [2.75, 3.05) is 13.6 Å². The van der Waals surface area contributed by atoms with Crippen LogP contribution in [0.4, 0.5) is 0 Å². The molecule has 0 aromatic rings. The van der Waals surface area contributed by atoms with E-state index in [-0.39, 0.29) is 0 Å². The first-order valence-corrected chi connectivity index (χ1v) is 5.88. The monoisotopic (exact) mass is 213 g/mol. The van der Waals surface area contributed by atoms with Crippen molar-refractivity contribution in [2.24, 2.45) is 10.9 Å². The number of nitrogens with one attached hydrogen (secondary N) is 1. The predicted octanol–water partition coefficient (Wildman–Crippen LogP) is 2.34. The lowest BCUT2D eigenvalue weighted by molar-refractivity contribution is 0.404. The second-order valence-electron chi connectivity index (χ2n) is 5.12. The number of hydrogen-bond donors (Lipinski definition) is 1. The van der Waals surface area contributed by atoms with Gasteiger partial charge >= 0.3 is 0 Å². The summed E-state index contributed by atoms with van der Waals surface area (Å²) in [7, 11) is 2.09. The maximum Gasteiger partial charge on any atom is 0.194 e. The van der Waals surface area contributed by atoms with E-state index >= 15 is 0 Å². The molecule has 0 saturated carbocycles. The van der Waals surface area contributed by atoms with Crippen LogP contribution in [0.1, 0.15) is 41.5 Å². The van der Waals surface area contributed by atoms with Gasteiger partial charge in [-0.2, -0.15) is 0 Å². The number of nitrogens with zero attached hydrogens (tertiary/aromatic N) is 2. The largest absolute Gasteiger partial charge is 0.354 e. The van der Waals surface area contributed by atoms with Crippen molar-refractivity contribution in [1.29, 1.82) is 0 Å². The minimum Gasteiger partial charge on any atom is -0.354 e. The van der Waals surface area contributed by atoms with Gasteiger partial charge < -0.3 is 10.2 Å². The summed E-state index contributed by atoms with van der Waals surface area (Å²) in [6.07, 6.45) is 0. The lowest BCUT2D eigenvalue weighted by Gasteiger charge is -2.26. The second kappa shape index (κ2) is 6.70. The lowest BCUT2D eigenvalue weighted by Crippen LogP contribution is -2.44. The molecule has 0 spiro atoms. The summed E-state index contributed by atoms with van der Waals surface area (Å²) in [4.78, 5) is 6.80. The van der Waals surface area contributed by atoms with Crippen molar-refractivity contribution < 1.29 is 0 Å². The highest BCUT2D eigenvalue weighted by atomic mass is 15.3. The van der Waals surface area contributed by atoms with E-state index in [1.807, 2.05) is 0 Å². The maximum absolute atomic E-state index is 4.60. The Bertz CT molecular complexity index is 195. The molecule has 3 nitrogen and oxygen atoms in total. The summed E-state index contributed by atoms with van der Waals surface area (Å²) in [5.74, 6) is 1.66. The van der Waals surface area contributed by atoms with E-state index in [0.29, 0.717) is 18.0 Å². The summed E-state index contributed by atoms with van der Waals surface area (Å²) < 4.78 is 0. The Labute approximate surface area is 95.0 Å². The summed E-state index contributed by atoms with van der Waals surface area (Å²) >= 11 is 0. The molecule has 0 amide bonds. The van der Waals surface area contributed by atoms with Gasteiger partial charge in [0.25, 0.3) is 0 Å². The van der Waals surface area contributed by atoms with Crippen LogP contribution in [0.5, 0.6) is 0 Å². The van der Waals surface area contributed by atoms with E-state index in [0.717, 1.165) is 12.5 Å². The van der Waals surface area contributed by atoms with Crippen LogP contribution in [0.15, 0.2) is 4.99 Å². The molecule has 0 saturated heterocycles. The van der Waals surface area contributed by atoms with E-state index in [9.17, 15) is 0 Å². The van der Waals surface area contributed by atoms with Crippen LogP contribution < -0.4 is 5.32 Å². The molecule has 0 aromatic heterocycles. The van der Waals surface area contributed by atoms with Crippen LogP contribution >= 0.6 is 0 Å². The average molecular weight is 213 g/mol. The van der Waals surface area contributed by atoms with Crippen molar-refractivity contribution >= 4 is 5.96 Å². The fourth-order valence-electron chi connectivity index (χ4n) is 1.38. The first-order valence-electron chi connectivity index (χ1n) is 5.88. The molecule has 0 aliphatic rings. The number of aliphatic imine (C=N–C) groups is 1. The Morgan fingerprint density at radius 3 is 2.00 bits per heavy atom. The van der Waals surface area contributed by atoms with Crippen LogP contribution in [-0.4, -0.2) is 36.5 Å². The SMILES string of the molecule is CC(C)CN(C)C(=NC(C)C)NC(C)C. The molecule has 0 aliphatic heterocycles. The van der Waals surface area contributed by atoms with Crippen molar-refractivity contribution in [3.63, 3.8) is 0 Å². The highest BCUT2D eigenvalue weighted by Gasteiger charge is 2.09. The van der Waals surface area contributed by atoms with Gasteiger partial charge in [-0.15, -0.1) is 0 Å². The molecule has 1 N–H and O–H groups in total. The molecular formula is C12H27N3. The maximum atomic E-state index is 4.60. The summed E-state index contributed by atoms with van der Waals surface area (Å²) in [6, 6.07) is 0.762. The summed E-state index contributed by atoms with van der Waals surface area (Å²) in [5, 5.41) is 3.39. The van der Waals surface area contributed by atoms with E-state index in [4.69, 9.17) is 0 Å². The van der Waals surface area contributed by atoms with Crippen molar-refractivity contribution in [1.82, 2.24) is 10.2 Å². The zero-order valence-electron chi connectivity index (χ0n) is 11.3. The highest BCUT2D eigenvalue weighted by molar-refractivity contribution is 5.80. The quantitative estimate of drug-likeness (QED) is 0.573. The molecule has 15 heavy (non-hydrogen) atoms. The van der Waals surface area contributed by atoms with E-state index in [2.05, 4.69) is 63.8 Å². The number of rotatable bonds is 4. The molecule has 90 valence electrons. The lowest BCUT2D eigenvalue weighted by atomic mass is 10.2. The number of guanidine groups is 1. The molecule has 0 atom stereocenters. The van der Waals surface area contributed by atoms with Crippen molar-refractivity contribution in [3.8, 4) is 0 Å². The van der Waals surface area contributed by atoms with Crippen LogP contribution in [0.2, 0.25) is 0 Å². The highest BCUT2D eigenvalue weighted by Crippen LogP contribution is 1.99. The minimum absolute atomic E-state index is 0.334. The molecule has 0 aliphatic carbocycles. The molecule has 0 rings (SSSR count). The average Bonchev–Trinajstić information content (AvgIpc) is 1.99. The number of hydrogen-bond acceptors (Lipinski definition) is 1. The zero-order chi connectivity index (χ0) is 12.0. The van der Waals surface area contributed by atoms with Crippen LogP contribution in [0.3, 0.4) is 0 Å². The van der Waals surface area contributed by atoms with Gasteiger partial charge in [0.05, 0.1) is 0 Å². The van der Waals surface area contributed by atoms with Gasteiger partial charge in [-0.3, -0.25) is 4.99 Å². The predicted molar refractivity (Wildman–Crippen MR) is 68.3 cm³/mol. The van der Waals surface area contributed by atoms with E-state index in [1.54, 1.807) is 0 Å². The topological polar surface area (TPSA) is 27.6 Å². The smallest absolute Gasteiger partial charge is 0.194 e. The van der Waals surface area contributed by atoms with Crippen molar-refractivity contribution in [2.45, 2.75) is 53.6 Å². The third kappa shape index (κ3) is 7.23. The summed E-state index contributed by atoms with van der Waals surface area (Å²) in [6.45, 7) is 14.0. The Kier molecular flexibility index (Phi) is 6.37. The Hall–Kier alpha value is -0.730. The first kappa shape index (κ1) is 14.3. The molecular weight excluding hydrogens is 186 g/mol. The molecule has 0 aromatic carbocycles. The van der Waals surface area contributed by atoms with Crippen molar-refractivity contribution in [3.05, 3.63) is 0 Å². The van der Waals surface area contributed by atoms with Gasteiger partial charge in [0, 0.05) is 25.7 Å². The normalized spacial score (nSPS) is 12.8. The molecule has 0 radical (unpaired) electrons. The first-order chi connectivity index (χ1) is 6.82. The standard InChI is InChI=1S/C12H27N3/c1-9(2)8-15(7)12(13-10(3)4)14-11(5)6/h9-11H,8H2,1-7H3,(H,13,14). The third-order valence-electron chi connectivity index (χ3n) is 1.80. The fraction of sp³-hybridized carbons (Fsp3) is 0.917. The fourth-order valence-corrected chi connectivity index (χ4v) is 1.38.